The van der Waals surface area contributed by atoms with E-state index < -0.39 is 36.8 Å². The monoisotopic (exact) mass is 994 g/mol. The van der Waals surface area contributed by atoms with Gasteiger partial charge >= 0.3 is 284 Å². The van der Waals surface area contributed by atoms with E-state index in [9.17, 15) is 0 Å². The molecule has 0 radical (unpaired) electrons. The molecule has 4 rings (SSSR count). The molecule has 0 spiro atoms. The molecule has 0 aliphatic rings. The molecule has 4 aromatic rings. The molecule has 0 atom stereocenters. The van der Waals surface area contributed by atoms with Crippen molar-refractivity contribution in [1.82, 2.24) is 0 Å². The van der Waals surface area contributed by atoms with E-state index in [1.54, 1.807) is 26.7 Å². The molecule has 0 aliphatic heterocycles. The van der Waals surface area contributed by atoms with Crippen LogP contribution in [-0.4, -0.2) is 36.8 Å². The summed E-state index contributed by atoms with van der Waals surface area (Å²) in [6.07, 6.45) is 30.5. The summed E-state index contributed by atoms with van der Waals surface area (Å²) in [6.45, 7) is 4.63. The Morgan fingerprint density at radius 3 is 0.962 bits per heavy atom. The predicted octanol–water partition coefficient (Wildman–Crippen LogP) is 17.0. The Morgan fingerprint density at radius 2 is 0.673 bits per heavy atom. The number of rotatable bonds is 27. The van der Waals surface area contributed by atoms with E-state index in [0.717, 1.165) is 0 Å². The minimum absolute atomic E-state index is 1.23. The van der Waals surface area contributed by atoms with E-state index in [0.29, 0.717) is 0 Å². The van der Waals surface area contributed by atoms with Crippen LogP contribution >= 0.6 is 45.3 Å². The number of hydrogen-bond donors (Lipinski definition) is 0. The molecule has 0 aromatic carbocycles. The van der Waals surface area contributed by atoms with Crippen LogP contribution in [0.1, 0.15) is 153 Å². The fraction of sp³-hybridized carbons (Fsp3) is 0.652. The van der Waals surface area contributed by atoms with Crippen molar-refractivity contribution in [2.45, 2.75) is 185 Å². The molecular weight excluding hydrogens is 918 g/mol. The molecule has 0 saturated heterocycles. The number of hydrogen-bond acceptors (Lipinski definition) is 4. The van der Waals surface area contributed by atoms with Gasteiger partial charge < -0.3 is 0 Å². The summed E-state index contributed by atoms with van der Waals surface area (Å²) < 4.78 is 3.41. The van der Waals surface area contributed by atoms with E-state index in [2.05, 4.69) is 125 Å². The molecule has 0 unspecified atom stereocenters. The van der Waals surface area contributed by atoms with Crippen LogP contribution in [0.2, 0.25) is 29.6 Å². The number of unbranched alkanes of at least 4 members (excludes halogenated alkanes) is 18. The summed E-state index contributed by atoms with van der Waals surface area (Å²) >= 11 is 4.23. The van der Waals surface area contributed by atoms with Crippen molar-refractivity contribution in [3.05, 3.63) is 47.5 Å². The summed E-state index contributed by atoms with van der Waals surface area (Å²) in [7, 11) is 0. The van der Waals surface area contributed by atoms with Crippen LogP contribution in [0.15, 0.2) is 36.4 Å². The van der Waals surface area contributed by atoms with Gasteiger partial charge in [0.25, 0.3) is 0 Å². The third kappa shape index (κ3) is 15.0. The average Bonchev–Trinajstić information content (AvgIpc) is 3.91. The zero-order chi connectivity index (χ0) is 37.4. The maximum atomic E-state index is 2.62. The molecular formula is C46H74S4Sn2. The van der Waals surface area contributed by atoms with Crippen molar-refractivity contribution in [3.8, 4) is 29.3 Å². The zero-order valence-electron chi connectivity index (χ0n) is 34.7. The first-order valence-electron chi connectivity index (χ1n) is 21.5. The quantitative estimate of drug-likeness (QED) is 0.0413. The summed E-state index contributed by atoms with van der Waals surface area (Å²) in [4.78, 5) is 24.6. The molecule has 0 amide bonds. The van der Waals surface area contributed by atoms with Crippen molar-refractivity contribution in [2.24, 2.45) is 0 Å². The van der Waals surface area contributed by atoms with Gasteiger partial charge in [0.05, 0.1) is 0 Å². The maximum absolute atomic E-state index is 2.62. The Hall–Kier alpha value is 0.397. The second-order valence-corrected chi connectivity index (χ2v) is 52.7. The third-order valence-corrected chi connectivity index (χ3v) is 34.7. The first-order valence-corrected chi connectivity index (χ1v) is 44.7. The van der Waals surface area contributed by atoms with Crippen LogP contribution in [0.3, 0.4) is 0 Å². The summed E-state index contributed by atoms with van der Waals surface area (Å²) in [5, 5.41) is 0. The van der Waals surface area contributed by atoms with Crippen LogP contribution in [0.5, 0.6) is 0 Å². The minimum atomic E-state index is -2.11. The Labute approximate surface area is 345 Å². The molecule has 0 bridgehead atoms. The molecule has 0 N–H and O–H groups in total. The van der Waals surface area contributed by atoms with Gasteiger partial charge in [-0.3, -0.25) is 0 Å². The van der Waals surface area contributed by atoms with E-state index >= 15 is 0 Å². The van der Waals surface area contributed by atoms with Crippen LogP contribution < -0.4 is 5.79 Å². The topological polar surface area (TPSA) is 0 Å². The molecule has 0 nitrogen and oxygen atoms in total. The van der Waals surface area contributed by atoms with E-state index in [-0.39, 0.29) is 0 Å². The predicted molar refractivity (Wildman–Crippen MR) is 251 cm³/mol. The van der Waals surface area contributed by atoms with Crippen molar-refractivity contribution in [3.63, 3.8) is 0 Å². The standard InChI is InChI=1S/C40H56S4.6CH3.2Sn/c1-3-5-7-9-11-13-15-17-19-21-25-33-31-37(43-39(33)35-27-23-29-41-35)38-32-34(40(44-38)36-28-24-30-42-36)26-22-20-18-16-14-12-10-8-6-4-2;;;;;;;;/h23-24,27-28,31-32H,3-22,25-26H2,1-2H3;6*1H3;;. The molecule has 4 heterocycles. The van der Waals surface area contributed by atoms with Gasteiger partial charge in [-0.1, -0.05) is 65.2 Å². The van der Waals surface area contributed by atoms with Gasteiger partial charge in [-0.15, -0.1) is 0 Å². The van der Waals surface area contributed by atoms with E-state index in [4.69, 9.17) is 0 Å². The van der Waals surface area contributed by atoms with Crippen molar-refractivity contribution in [1.29, 1.82) is 0 Å². The third-order valence-electron chi connectivity index (χ3n) is 10.6. The van der Waals surface area contributed by atoms with Gasteiger partial charge in [0, 0.05) is 0 Å². The molecule has 4 aromatic heterocycles. The van der Waals surface area contributed by atoms with Gasteiger partial charge in [0.2, 0.25) is 0 Å². The first kappa shape index (κ1) is 45.1. The molecule has 0 fully saturated rings. The second kappa shape index (κ2) is 23.6. The van der Waals surface area contributed by atoms with E-state index in [1.165, 1.54) is 161 Å². The molecule has 0 aliphatic carbocycles. The van der Waals surface area contributed by atoms with Crippen LogP contribution in [0, 0.1) is 0 Å². The Balaban J connectivity index is 1.50. The SMILES string of the molecule is CCCCCCCCCCCCc1cc(-c2cc(CCCCCCCCCCCC)c(-c3cc[c]([Sn]([CH3])([CH3])[CH3])s3)s2)sc1-c1cc[c]([Sn]([CH3])([CH3])[CH3])s1. The fourth-order valence-corrected chi connectivity index (χ4v) is 22.6. The Bertz CT molecular complexity index is 1440. The van der Waals surface area contributed by atoms with Gasteiger partial charge in [0.1, 0.15) is 0 Å². The van der Waals surface area contributed by atoms with Gasteiger partial charge in [-0.2, -0.15) is 0 Å². The summed E-state index contributed by atoms with van der Waals surface area (Å²) in [5.41, 5.74) is 3.23. The fourth-order valence-electron chi connectivity index (χ4n) is 7.22. The Morgan fingerprint density at radius 1 is 0.365 bits per heavy atom. The molecule has 6 heteroatoms. The van der Waals surface area contributed by atoms with Crippen molar-refractivity contribution in [2.75, 3.05) is 0 Å². The Kier molecular flexibility index (Phi) is 20.5. The van der Waals surface area contributed by atoms with Gasteiger partial charge in [-0.05, 0) is 0 Å². The van der Waals surface area contributed by atoms with Crippen molar-refractivity contribution >= 4 is 87.9 Å². The number of thiophene rings is 4. The van der Waals surface area contributed by atoms with Gasteiger partial charge in [0.15, 0.2) is 0 Å². The molecule has 290 valence electrons. The van der Waals surface area contributed by atoms with Crippen LogP contribution in [0.25, 0.3) is 29.3 Å². The second-order valence-electron chi connectivity index (χ2n) is 17.6. The average molecular weight is 993 g/mol. The van der Waals surface area contributed by atoms with Gasteiger partial charge in [-0.25, -0.2) is 0 Å². The van der Waals surface area contributed by atoms with Crippen LogP contribution in [-0.2, 0) is 12.8 Å². The summed E-state index contributed by atoms with van der Waals surface area (Å²) in [5.74, 6) is 0. The zero-order valence-corrected chi connectivity index (χ0v) is 43.6. The van der Waals surface area contributed by atoms with Crippen LogP contribution in [0.4, 0.5) is 0 Å². The van der Waals surface area contributed by atoms with E-state index in [1.807, 2.05) is 0 Å². The molecule has 52 heavy (non-hydrogen) atoms. The summed E-state index contributed by atoms with van der Waals surface area (Å²) in [6, 6.07) is 15.2. The van der Waals surface area contributed by atoms with Crippen molar-refractivity contribution < 1.29 is 0 Å². The molecule has 0 saturated carbocycles. The normalized spacial score (nSPS) is 12.4. The number of aryl methyl sites for hydroxylation is 2. The first-order chi connectivity index (χ1) is 25.0.